The molecule has 136 valence electrons. The number of hydrogen-bond acceptors (Lipinski definition) is 6. The topological polar surface area (TPSA) is 70.3 Å². The molecular formula is C21H19N3O3. The average Bonchev–Trinajstić information content (AvgIpc) is 3.16. The van der Waals surface area contributed by atoms with Gasteiger partial charge in [-0.2, -0.15) is 4.98 Å². The van der Waals surface area contributed by atoms with Crippen LogP contribution in [0.1, 0.15) is 18.5 Å². The molecule has 0 N–H and O–H groups in total. The van der Waals surface area contributed by atoms with Gasteiger partial charge >= 0.3 is 0 Å². The minimum absolute atomic E-state index is 0.197. The predicted molar refractivity (Wildman–Crippen MR) is 102 cm³/mol. The summed E-state index contributed by atoms with van der Waals surface area (Å²) in [5.74, 6) is 2.47. The van der Waals surface area contributed by atoms with E-state index in [4.69, 9.17) is 14.0 Å². The van der Waals surface area contributed by atoms with Gasteiger partial charge in [-0.15, -0.1) is 0 Å². The number of hydrogen-bond donors (Lipinski definition) is 0. The minimum Gasteiger partial charge on any atom is -0.494 e. The van der Waals surface area contributed by atoms with Gasteiger partial charge in [-0.3, -0.25) is 4.98 Å². The maximum atomic E-state index is 5.72. The van der Waals surface area contributed by atoms with Crippen LogP contribution in [-0.4, -0.2) is 21.7 Å². The van der Waals surface area contributed by atoms with Gasteiger partial charge in [0.1, 0.15) is 11.5 Å². The molecule has 4 rings (SSSR count). The van der Waals surface area contributed by atoms with Crippen LogP contribution in [-0.2, 0) is 6.61 Å². The van der Waals surface area contributed by atoms with E-state index >= 15 is 0 Å². The Morgan fingerprint density at radius 3 is 2.44 bits per heavy atom. The van der Waals surface area contributed by atoms with E-state index < -0.39 is 0 Å². The average molecular weight is 361 g/mol. The van der Waals surface area contributed by atoms with Gasteiger partial charge in [0, 0.05) is 16.6 Å². The molecule has 0 saturated carbocycles. The van der Waals surface area contributed by atoms with Crippen molar-refractivity contribution >= 4 is 10.9 Å². The number of nitrogens with zero attached hydrogens (tertiary/aromatic N) is 3. The Hall–Kier alpha value is -3.41. The van der Waals surface area contributed by atoms with E-state index in [1.165, 1.54) is 0 Å². The Morgan fingerprint density at radius 2 is 1.67 bits per heavy atom. The second-order valence-electron chi connectivity index (χ2n) is 6.03. The van der Waals surface area contributed by atoms with Crippen molar-refractivity contribution in [3.8, 4) is 22.9 Å². The number of rotatable bonds is 6. The van der Waals surface area contributed by atoms with Crippen molar-refractivity contribution in [1.29, 1.82) is 0 Å². The number of aryl methyl sites for hydroxylation is 1. The highest BCUT2D eigenvalue weighted by Gasteiger charge is 2.13. The molecule has 0 bridgehead atoms. The van der Waals surface area contributed by atoms with Crippen molar-refractivity contribution in [2.24, 2.45) is 0 Å². The maximum Gasteiger partial charge on any atom is 0.264 e. The molecule has 2 aromatic carbocycles. The highest BCUT2D eigenvalue weighted by Crippen LogP contribution is 2.26. The molecule has 0 aliphatic carbocycles. The van der Waals surface area contributed by atoms with E-state index in [1.54, 1.807) is 0 Å². The molecule has 6 heteroatoms. The first-order valence-electron chi connectivity index (χ1n) is 8.78. The van der Waals surface area contributed by atoms with E-state index in [0.29, 0.717) is 24.1 Å². The molecule has 0 unspecified atom stereocenters. The van der Waals surface area contributed by atoms with Gasteiger partial charge in [0.25, 0.3) is 5.89 Å². The summed E-state index contributed by atoms with van der Waals surface area (Å²) in [5.41, 5.74) is 2.71. The Kier molecular flexibility index (Phi) is 4.70. The number of fused-ring (bicyclic) bond motifs is 1. The zero-order chi connectivity index (χ0) is 18.6. The standard InChI is InChI=1S/C21H19N3O3/c1-3-25-15-8-10-16(11-9-15)26-13-20-23-21(24-27-20)18-12-14(2)22-19-7-5-4-6-17(18)19/h4-12H,3,13H2,1-2H3. The Labute approximate surface area is 156 Å². The normalized spacial score (nSPS) is 10.9. The highest BCUT2D eigenvalue weighted by atomic mass is 16.5. The summed E-state index contributed by atoms with van der Waals surface area (Å²) in [4.78, 5) is 9.02. The number of pyridine rings is 1. The van der Waals surface area contributed by atoms with Crippen LogP contribution in [0.15, 0.2) is 59.1 Å². The lowest BCUT2D eigenvalue weighted by molar-refractivity contribution is 0.242. The van der Waals surface area contributed by atoms with E-state index in [1.807, 2.05) is 68.4 Å². The van der Waals surface area contributed by atoms with Gasteiger partial charge < -0.3 is 14.0 Å². The van der Waals surface area contributed by atoms with Gasteiger partial charge in [-0.1, -0.05) is 23.4 Å². The van der Waals surface area contributed by atoms with Crippen molar-refractivity contribution in [2.45, 2.75) is 20.5 Å². The lowest BCUT2D eigenvalue weighted by Gasteiger charge is -2.05. The molecule has 6 nitrogen and oxygen atoms in total. The van der Waals surface area contributed by atoms with E-state index in [0.717, 1.165) is 27.9 Å². The van der Waals surface area contributed by atoms with Crippen LogP contribution in [0.3, 0.4) is 0 Å². The first kappa shape index (κ1) is 17.0. The second kappa shape index (κ2) is 7.45. The second-order valence-corrected chi connectivity index (χ2v) is 6.03. The van der Waals surface area contributed by atoms with Gasteiger partial charge in [-0.05, 0) is 50.2 Å². The first-order chi connectivity index (χ1) is 13.2. The third kappa shape index (κ3) is 3.74. The van der Waals surface area contributed by atoms with E-state index in [-0.39, 0.29) is 6.61 Å². The summed E-state index contributed by atoms with van der Waals surface area (Å²) in [6.07, 6.45) is 0. The van der Waals surface area contributed by atoms with Crippen LogP contribution >= 0.6 is 0 Å². The molecule has 0 saturated heterocycles. The molecule has 0 fully saturated rings. The molecule has 27 heavy (non-hydrogen) atoms. The van der Waals surface area contributed by atoms with Gasteiger partial charge in [-0.25, -0.2) is 0 Å². The third-order valence-corrected chi connectivity index (χ3v) is 4.05. The van der Waals surface area contributed by atoms with Crippen LogP contribution in [0.4, 0.5) is 0 Å². The minimum atomic E-state index is 0.197. The number of para-hydroxylation sites is 1. The molecule has 2 aromatic heterocycles. The molecule has 0 amide bonds. The molecule has 0 spiro atoms. The van der Waals surface area contributed by atoms with Crippen molar-refractivity contribution in [1.82, 2.24) is 15.1 Å². The van der Waals surface area contributed by atoms with E-state index in [9.17, 15) is 0 Å². The number of benzene rings is 2. The van der Waals surface area contributed by atoms with Crippen LogP contribution in [0.2, 0.25) is 0 Å². The monoisotopic (exact) mass is 361 g/mol. The lowest BCUT2D eigenvalue weighted by Crippen LogP contribution is -1.96. The molecular weight excluding hydrogens is 342 g/mol. The van der Waals surface area contributed by atoms with Crippen LogP contribution < -0.4 is 9.47 Å². The molecule has 0 atom stereocenters. The van der Waals surface area contributed by atoms with Crippen LogP contribution in [0.5, 0.6) is 11.5 Å². The molecule has 0 aliphatic rings. The van der Waals surface area contributed by atoms with Crippen LogP contribution in [0, 0.1) is 6.92 Å². The SMILES string of the molecule is CCOc1ccc(OCc2nc(-c3cc(C)nc4ccccc34)no2)cc1. The van der Waals surface area contributed by atoms with Crippen molar-refractivity contribution in [3.63, 3.8) is 0 Å². The predicted octanol–water partition coefficient (Wildman–Crippen LogP) is 4.57. The maximum absolute atomic E-state index is 5.72. The summed E-state index contributed by atoms with van der Waals surface area (Å²) in [6, 6.07) is 17.3. The van der Waals surface area contributed by atoms with Gasteiger partial charge in [0.15, 0.2) is 6.61 Å². The summed E-state index contributed by atoms with van der Waals surface area (Å²) >= 11 is 0. The van der Waals surface area contributed by atoms with E-state index in [2.05, 4.69) is 15.1 Å². The largest absolute Gasteiger partial charge is 0.494 e. The Bertz CT molecular complexity index is 1060. The summed E-state index contributed by atoms with van der Waals surface area (Å²) in [6.45, 7) is 4.73. The van der Waals surface area contributed by atoms with Crippen molar-refractivity contribution < 1.29 is 14.0 Å². The fourth-order valence-corrected chi connectivity index (χ4v) is 2.86. The smallest absolute Gasteiger partial charge is 0.264 e. The Balaban J connectivity index is 1.52. The van der Waals surface area contributed by atoms with Crippen molar-refractivity contribution in [2.75, 3.05) is 6.61 Å². The quantitative estimate of drug-likeness (QED) is 0.501. The Morgan fingerprint density at radius 1 is 0.926 bits per heavy atom. The highest BCUT2D eigenvalue weighted by molar-refractivity contribution is 5.92. The first-order valence-corrected chi connectivity index (χ1v) is 8.78. The summed E-state index contributed by atoms with van der Waals surface area (Å²) in [5, 5.41) is 5.10. The van der Waals surface area contributed by atoms with Crippen molar-refractivity contribution in [3.05, 3.63) is 66.2 Å². The molecule has 4 aromatic rings. The zero-order valence-electron chi connectivity index (χ0n) is 15.2. The fraction of sp³-hybridized carbons (Fsp3) is 0.190. The summed E-state index contributed by atoms with van der Waals surface area (Å²) < 4.78 is 16.5. The van der Waals surface area contributed by atoms with Gasteiger partial charge in [0.2, 0.25) is 5.82 Å². The van der Waals surface area contributed by atoms with Gasteiger partial charge in [0.05, 0.1) is 12.1 Å². The zero-order valence-corrected chi connectivity index (χ0v) is 15.2. The number of aromatic nitrogens is 3. The third-order valence-electron chi connectivity index (χ3n) is 4.05. The lowest BCUT2D eigenvalue weighted by atomic mass is 10.1. The molecule has 2 heterocycles. The fourth-order valence-electron chi connectivity index (χ4n) is 2.86. The summed E-state index contributed by atoms with van der Waals surface area (Å²) in [7, 11) is 0. The number of ether oxygens (including phenoxy) is 2. The molecule has 0 aliphatic heterocycles. The van der Waals surface area contributed by atoms with Crippen LogP contribution in [0.25, 0.3) is 22.3 Å². The molecule has 0 radical (unpaired) electrons.